The Morgan fingerprint density at radius 2 is 2.12 bits per heavy atom. The van der Waals surface area contributed by atoms with Crippen LogP contribution in [0.1, 0.15) is 23.2 Å². The van der Waals surface area contributed by atoms with Crippen molar-refractivity contribution >= 4 is 6.29 Å². The van der Waals surface area contributed by atoms with E-state index in [1.165, 1.54) is 17.0 Å². The number of hydrogen-bond acceptors (Lipinski definition) is 3. The minimum atomic E-state index is -4.23. The van der Waals surface area contributed by atoms with Crippen molar-refractivity contribution in [2.45, 2.75) is 19.6 Å². The van der Waals surface area contributed by atoms with E-state index in [0.29, 0.717) is 12.0 Å². The smallest absolute Gasteiger partial charge is 0.401 e. The Hall–Kier alpha value is -1.30. The molecule has 1 heterocycles. The summed E-state index contributed by atoms with van der Waals surface area (Å²) < 4.78 is 41.4. The molecule has 0 aliphatic carbocycles. The van der Waals surface area contributed by atoms with Crippen LogP contribution < -0.4 is 0 Å². The van der Waals surface area contributed by atoms with Crippen molar-refractivity contribution in [2.24, 2.45) is 0 Å². The van der Waals surface area contributed by atoms with Crippen LogP contribution in [0, 0.1) is 0 Å². The topological polar surface area (TPSA) is 33.5 Å². The number of carbonyl (C=O) groups is 1. The SMILES string of the molecule is CCN(Cc1ccc(C=O)o1)CC(F)(F)F. The molecule has 16 heavy (non-hydrogen) atoms. The summed E-state index contributed by atoms with van der Waals surface area (Å²) in [4.78, 5) is 11.5. The fraction of sp³-hybridized carbons (Fsp3) is 0.500. The second-order valence-electron chi connectivity index (χ2n) is 3.34. The van der Waals surface area contributed by atoms with Gasteiger partial charge < -0.3 is 4.42 Å². The summed E-state index contributed by atoms with van der Waals surface area (Å²) in [5, 5.41) is 0. The van der Waals surface area contributed by atoms with Crippen LogP contribution in [0.2, 0.25) is 0 Å². The van der Waals surface area contributed by atoms with Crippen molar-refractivity contribution in [1.29, 1.82) is 0 Å². The fourth-order valence-corrected chi connectivity index (χ4v) is 1.30. The van der Waals surface area contributed by atoms with Gasteiger partial charge in [-0.2, -0.15) is 13.2 Å². The molecule has 1 rings (SSSR count). The van der Waals surface area contributed by atoms with Gasteiger partial charge >= 0.3 is 6.18 Å². The lowest BCUT2D eigenvalue weighted by molar-refractivity contribution is -0.147. The lowest BCUT2D eigenvalue weighted by Crippen LogP contribution is -2.33. The van der Waals surface area contributed by atoms with Gasteiger partial charge in [0, 0.05) is 0 Å². The minimum Gasteiger partial charge on any atom is -0.457 e. The molecule has 0 amide bonds. The van der Waals surface area contributed by atoms with Gasteiger partial charge in [0.1, 0.15) is 5.76 Å². The number of carbonyl (C=O) groups excluding carboxylic acids is 1. The van der Waals surface area contributed by atoms with Crippen molar-refractivity contribution in [3.05, 3.63) is 23.7 Å². The Kier molecular flexibility index (Phi) is 4.12. The number of aldehydes is 1. The Morgan fingerprint density at radius 3 is 2.56 bits per heavy atom. The van der Waals surface area contributed by atoms with Crippen molar-refractivity contribution in [3.8, 4) is 0 Å². The molecule has 0 spiro atoms. The molecule has 1 aromatic heterocycles. The zero-order chi connectivity index (χ0) is 12.2. The normalized spacial score (nSPS) is 12.1. The molecule has 0 aliphatic rings. The molecule has 0 saturated carbocycles. The summed E-state index contributed by atoms with van der Waals surface area (Å²) in [6, 6.07) is 2.94. The number of halogens is 3. The summed E-state index contributed by atoms with van der Waals surface area (Å²) in [5.74, 6) is 0.478. The maximum atomic E-state index is 12.1. The van der Waals surface area contributed by atoms with Gasteiger partial charge in [-0.25, -0.2) is 0 Å². The highest BCUT2D eigenvalue weighted by atomic mass is 19.4. The van der Waals surface area contributed by atoms with Crippen molar-refractivity contribution in [2.75, 3.05) is 13.1 Å². The van der Waals surface area contributed by atoms with E-state index in [9.17, 15) is 18.0 Å². The molecule has 0 aliphatic heterocycles. The Balaban J connectivity index is 2.59. The van der Waals surface area contributed by atoms with E-state index < -0.39 is 12.7 Å². The summed E-state index contributed by atoms with van der Waals surface area (Å²) in [6.07, 6.45) is -3.71. The van der Waals surface area contributed by atoms with E-state index in [1.54, 1.807) is 6.92 Å². The molecule has 0 radical (unpaired) electrons. The number of furan rings is 1. The third-order valence-electron chi connectivity index (χ3n) is 2.03. The van der Waals surface area contributed by atoms with E-state index in [1.807, 2.05) is 0 Å². The Bertz CT molecular complexity index is 346. The van der Waals surface area contributed by atoms with Crippen LogP contribution >= 0.6 is 0 Å². The molecule has 0 N–H and O–H groups in total. The maximum Gasteiger partial charge on any atom is 0.401 e. The predicted molar refractivity (Wildman–Crippen MR) is 51.1 cm³/mol. The molecule has 0 atom stereocenters. The molecule has 6 heteroatoms. The van der Waals surface area contributed by atoms with Crippen molar-refractivity contribution in [1.82, 2.24) is 4.90 Å². The van der Waals surface area contributed by atoms with Crippen LogP contribution in [0.5, 0.6) is 0 Å². The molecule has 90 valence electrons. The highest BCUT2D eigenvalue weighted by Crippen LogP contribution is 2.18. The average molecular weight is 235 g/mol. The first-order valence-corrected chi connectivity index (χ1v) is 4.77. The van der Waals surface area contributed by atoms with Gasteiger partial charge in [-0.3, -0.25) is 9.69 Å². The maximum absolute atomic E-state index is 12.1. The largest absolute Gasteiger partial charge is 0.457 e. The first-order valence-electron chi connectivity index (χ1n) is 4.77. The van der Waals surface area contributed by atoms with Gasteiger partial charge in [0.15, 0.2) is 12.0 Å². The molecule has 0 unspecified atom stereocenters. The van der Waals surface area contributed by atoms with Crippen LogP contribution in [0.15, 0.2) is 16.5 Å². The molecule has 0 bridgehead atoms. The molecular weight excluding hydrogens is 223 g/mol. The van der Waals surface area contributed by atoms with Crippen molar-refractivity contribution in [3.63, 3.8) is 0 Å². The fourth-order valence-electron chi connectivity index (χ4n) is 1.30. The number of hydrogen-bond donors (Lipinski definition) is 0. The third-order valence-corrected chi connectivity index (χ3v) is 2.03. The number of nitrogens with zero attached hydrogens (tertiary/aromatic N) is 1. The third kappa shape index (κ3) is 4.06. The Labute approximate surface area is 90.8 Å². The molecule has 0 fully saturated rings. The van der Waals surface area contributed by atoms with E-state index >= 15 is 0 Å². The van der Waals surface area contributed by atoms with Gasteiger partial charge in [0.05, 0.1) is 13.1 Å². The highest BCUT2D eigenvalue weighted by molar-refractivity contribution is 5.70. The lowest BCUT2D eigenvalue weighted by atomic mass is 10.4. The van der Waals surface area contributed by atoms with Crippen LogP contribution in [-0.2, 0) is 6.54 Å². The van der Waals surface area contributed by atoms with Gasteiger partial charge in [0.2, 0.25) is 0 Å². The Morgan fingerprint density at radius 1 is 1.44 bits per heavy atom. The quantitative estimate of drug-likeness (QED) is 0.735. The number of rotatable bonds is 5. The molecule has 0 aromatic carbocycles. The molecule has 3 nitrogen and oxygen atoms in total. The van der Waals surface area contributed by atoms with E-state index in [-0.39, 0.29) is 18.8 Å². The second kappa shape index (κ2) is 5.16. The minimum absolute atomic E-state index is 0.0455. The van der Waals surface area contributed by atoms with Crippen LogP contribution in [-0.4, -0.2) is 30.5 Å². The van der Waals surface area contributed by atoms with E-state index in [0.717, 1.165) is 0 Å². The molecular formula is C10H12F3NO2. The van der Waals surface area contributed by atoms with E-state index in [4.69, 9.17) is 4.42 Å². The predicted octanol–water partition coefficient (Wildman–Crippen LogP) is 2.48. The second-order valence-corrected chi connectivity index (χ2v) is 3.34. The van der Waals surface area contributed by atoms with Crippen LogP contribution in [0.25, 0.3) is 0 Å². The highest BCUT2D eigenvalue weighted by Gasteiger charge is 2.30. The standard InChI is InChI=1S/C10H12F3NO2/c1-2-14(7-10(11,12)13)5-8-3-4-9(6-15)16-8/h3-4,6H,2,5,7H2,1H3. The van der Waals surface area contributed by atoms with Gasteiger partial charge in [-0.15, -0.1) is 0 Å². The summed E-state index contributed by atoms with van der Waals surface area (Å²) in [6.45, 7) is 0.955. The molecule has 1 aromatic rings. The first-order chi connectivity index (χ1) is 7.44. The van der Waals surface area contributed by atoms with Crippen molar-refractivity contribution < 1.29 is 22.4 Å². The summed E-state index contributed by atoms with van der Waals surface area (Å²) in [5.41, 5.74) is 0. The monoisotopic (exact) mass is 235 g/mol. The number of alkyl halides is 3. The average Bonchev–Trinajstić information content (AvgIpc) is 2.62. The van der Waals surface area contributed by atoms with Crippen LogP contribution in [0.3, 0.4) is 0 Å². The van der Waals surface area contributed by atoms with Gasteiger partial charge in [0.25, 0.3) is 0 Å². The zero-order valence-electron chi connectivity index (χ0n) is 8.75. The lowest BCUT2D eigenvalue weighted by Gasteiger charge is -2.20. The zero-order valence-corrected chi connectivity index (χ0v) is 8.75. The summed E-state index contributed by atoms with van der Waals surface area (Å²) >= 11 is 0. The van der Waals surface area contributed by atoms with Gasteiger partial charge in [-0.05, 0) is 18.7 Å². The summed E-state index contributed by atoms with van der Waals surface area (Å²) in [7, 11) is 0. The molecule has 0 saturated heterocycles. The van der Waals surface area contributed by atoms with E-state index in [2.05, 4.69) is 0 Å². The van der Waals surface area contributed by atoms with Gasteiger partial charge in [-0.1, -0.05) is 6.92 Å². The first kappa shape index (κ1) is 12.8. The van der Waals surface area contributed by atoms with Crippen LogP contribution in [0.4, 0.5) is 13.2 Å².